The highest BCUT2D eigenvalue weighted by atomic mass is 15.1. The lowest BCUT2D eigenvalue weighted by Gasteiger charge is -2.28. The fourth-order valence-electron chi connectivity index (χ4n) is 8.96. The minimum atomic E-state index is 1.09. The van der Waals surface area contributed by atoms with Gasteiger partial charge in [-0.2, -0.15) is 0 Å². The van der Waals surface area contributed by atoms with Crippen molar-refractivity contribution in [3.63, 3.8) is 0 Å². The van der Waals surface area contributed by atoms with E-state index < -0.39 is 0 Å². The van der Waals surface area contributed by atoms with Gasteiger partial charge in [-0.3, -0.25) is 0 Å². The van der Waals surface area contributed by atoms with E-state index in [2.05, 4.69) is 240 Å². The molecule has 0 N–H and O–H groups in total. The maximum atomic E-state index is 2.45. The number of fused-ring (bicyclic) bond motifs is 6. The number of benzene rings is 10. The van der Waals surface area contributed by atoms with Gasteiger partial charge in [0, 0.05) is 39.0 Å². The van der Waals surface area contributed by atoms with Gasteiger partial charge < -0.3 is 9.47 Å². The Morgan fingerprint density at radius 3 is 1.72 bits per heavy atom. The molecule has 58 heavy (non-hydrogen) atoms. The maximum absolute atomic E-state index is 2.45. The van der Waals surface area contributed by atoms with Crippen molar-refractivity contribution in [2.75, 3.05) is 4.90 Å². The van der Waals surface area contributed by atoms with Crippen LogP contribution < -0.4 is 4.90 Å². The number of aromatic nitrogens is 1. The van der Waals surface area contributed by atoms with Crippen molar-refractivity contribution in [1.82, 2.24) is 4.57 Å². The Kier molecular flexibility index (Phi) is 8.19. The minimum absolute atomic E-state index is 1.09. The van der Waals surface area contributed by atoms with Crippen LogP contribution in [-0.2, 0) is 0 Å². The number of nitrogens with zero attached hydrogens (tertiary/aromatic N) is 2. The Morgan fingerprint density at radius 2 is 0.897 bits per heavy atom. The Balaban J connectivity index is 1.15. The van der Waals surface area contributed by atoms with Gasteiger partial charge >= 0.3 is 0 Å². The summed E-state index contributed by atoms with van der Waals surface area (Å²) in [6, 6.07) is 83.7. The SMILES string of the molecule is c1ccc(-c2ccccc2N(c2cccc(-c3cccc4c3c3cccc(-c5ccccc5)c3n4-c3ccccc3)c2)c2ccc3c(ccc4ccccc43)c2)cc1. The summed E-state index contributed by atoms with van der Waals surface area (Å²) in [6.45, 7) is 0. The molecule has 1 heterocycles. The van der Waals surface area contributed by atoms with Crippen LogP contribution >= 0.6 is 0 Å². The van der Waals surface area contributed by atoms with Crippen LogP contribution in [0.4, 0.5) is 17.1 Å². The molecule has 0 saturated heterocycles. The van der Waals surface area contributed by atoms with Crippen molar-refractivity contribution >= 4 is 60.4 Å². The highest BCUT2D eigenvalue weighted by Gasteiger charge is 2.22. The number of anilines is 3. The van der Waals surface area contributed by atoms with E-state index >= 15 is 0 Å². The molecule has 0 aliphatic rings. The van der Waals surface area contributed by atoms with Crippen molar-refractivity contribution in [2.24, 2.45) is 0 Å². The molecule has 0 bridgehead atoms. The van der Waals surface area contributed by atoms with Crippen LogP contribution in [-0.4, -0.2) is 4.57 Å². The monoisotopic (exact) mass is 738 g/mol. The van der Waals surface area contributed by atoms with Crippen LogP contribution in [0.2, 0.25) is 0 Å². The predicted octanol–water partition coefficient (Wildman–Crippen LogP) is 15.6. The number of hydrogen-bond acceptors (Lipinski definition) is 1. The van der Waals surface area contributed by atoms with Crippen molar-refractivity contribution in [3.05, 3.63) is 231 Å². The topological polar surface area (TPSA) is 8.17 Å². The van der Waals surface area contributed by atoms with Crippen molar-refractivity contribution in [1.29, 1.82) is 0 Å². The number of rotatable bonds is 7. The second-order valence-electron chi connectivity index (χ2n) is 14.9. The molecule has 0 aliphatic heterocycles. The van der Waals surface area contributed by atoms with E-state index in [9.17, 15) is 0 Å². The zero-order valence-electron chi connectivity index (χ0n) is 31.8. The number of hydrogen-bond donors (Lipinski definition) is 0. The summed E-state index contributed by atoms with van der Waals surface area (Å²) in [5.74, 6) is 0. The molecular formula is C56H38N2. The van der Waals surface area contributed by atoms with Gasteiger partial charge in [0.1, 0.15) is 0 Å². The van der Waals surface area contributed by atoms with Crippen LogP contribution in [0.3, 0.4) is 0 Å². The van der Waals surface area contributed by atoms with E-state index in [0.29, 0.717) is 0 Å². The molecule has 0 unspecified atom stereocenters. The molecule has 1 aromatic heterocycles. The summed E-state index contributed by atoms with van der Waals surface area (Å²) in [7, 11) is 0. The van der Waals surface area contributed by atoms with Gasteiger partial charge in [0.2, 0.25) is 0 Å². The molecule has 0 aliphatic carbocycles. The average Bonchev–Trinajstić information content (AvgIpc) is 3.65. The first-order valence-corrected chi connectivity index (χ1v) is 19.9. The first-order valence-electron chi connectivity index (χ1n) is 19.9. The quantitative estimate of drug-likeness (QED) is 0.148. The third-order valence-corrected chi connectivity index (χ3v) is 11.5. The highest BCUT2D eigenvalue weighted by molar-refractivity contribution is 6.19. The van der Waals surface area contributed by atoms with Crippen LogP contribution in [0.15, 0.2) is 231 Å². The van der Waals surface area contributed by atoms with Crippen molar-refractivity contribution in [2.45, 2.75) is 0 Å². The van der Waals surface area contributed by atoms with E-state index in [1.165, 1.54) is 71.2 Å². The molecule has 0 amide bonds. The normalized spacial score (nSPS) is 11.4. The van der Waals surface area contributed by atoms with Gasteiger partial charge in [-0.25, -0.2) is 0 Å². The first-order chi connectivity index (χ1) is 28.8. The average molecular weight is 739 g/mol. The van der Waals surface area contributed by atoms with Crippen LogP contribution in [0.25, 0.3) is 82.4 Å². The second-order valence-corrected chi connectivity index (χ2v) is 14.9. The van der Waals surface area contributed by atoms with Gasteiger partial charge in [0.25, 0.3) is 0 Å². The standard InChI is InChI=1S/C56H38N2/c1-4-17-39(18-5-1)49-27-12-13-31-53(49)57(46-35-36-48-43(38-46)34-33-41-21-10-11-26-47(41)48)45-25-14-22-42(37-45)50-28-16-32-54-55(50)52-30-15-29-51(40-19-6-2-7-20-40)56(52)58(54)44-23-8-3-9-24-44/h1-38H. The van der Waals surface area contributed by atoms with Gasteiger partial charge in [0.15, 0.2) is 0 Å². The lowest BCUT2D eigenvalue weighted by Crippen LogP contribution is -2.11. The van der Waals surface area contributed by atoms with Crippen molar-refractivity contribution < 1.29 is 0 Å². The summed E-state index contributed by atoms with van der Waals surface area (Å²) in [5, 5.41) is 7.45. The fourth-order valence-corrected chi connectivity index (χ4v) is 8.96. The minimum Gasteiger partial charge on any atom is -0.310 e. The van der Waals surface area contributed by atoms with Crippen LogP contribution in [0.1, 0.15) is 0 Å². The van der Waals surface area contributed by atoms with Gasteiger partial charge in [-0.15, -0.1) is 0 Å². The zero-order chi connectivity index (χ0) is 38.4. The Bertz CT molecular complexity index is 3270. The Morgan fingerprint density at radius 1 is 0.328 bits per heavy atom. The molecule has 272 valence electrons. The molecule has 0 spiro atoms. The van der Waals surface area contributed by atoms with E-state index in [4.69, 9.17) is 0 Å². The third kappa shape index (κ3) is 5.66. The molecule has 2 nitrogen and oxygen atoms in total. The summed E-state index contributed by atoms with van der Waals surface area (Å²) >= 11 is 0. The zero-order valence-corrected chi connectivity index (χ0v) is 31.8. The van der Waals surface area contributed by atoms with E-state index in [0.717, 1.165) is 28.3 Å². The maximum Gasteiger partial charge on any atom is 0.0619 e. The lowest BCUT2D eigenvalue weighted by atomic mass is 9.96. The molecule has 11 rings (SSSR count). The van der Waals surface area contributed by atoms with E-state index in [1.54, 1.807) is 0 Å². The summed E-state index contributed by atoms with van der Waals surface area (Å²) < 4.78 is 2.45. The molecule has 0 saturated carbocycles. The first kappa shape index (κ1) is 33.6. The van der Waals surface area contributed by atoms with Gasteiger partial charge in [-0.05, 0) is 92.3 Å². The Hall–Kier alpha value is -7.68. The number of para-hydroxylation sites is 3. The predicted molar refractivity (Wildman–Crippen MR) is 247 cm³/mol. The van der Waals surface area contributed by atoms with Crippen LogP contribution in [0.5, 0.6) is 0 Å². The molecule has 0 atom stereocenters. The Labute approximate surface area is 338 Å². The molecule has 0 fully saturated rings. The molecule has 0 radical (unpaired) electrons. The highest BCUT2D eigenvalue weighted by Crippen LogP contribution is 2.46. The summed E-state index contributed by atoms with van der Waals surface area (Å²) in [6.07, 6.45) is 0. The molecule has 10 aromatic carbocycles. The second kappa shape index (κ2) is 14.1. The van der Waals surface area contributed by atoms with E-state index in [1.807, 2.05) is 0 Å². The van der Waals surface area contributed by atoms with Crippen molar-refractivity contribution in [3.8, 4) is 39.1 Å². The smallest absolute Gasteiger partial charge is 0.0619 e. The molecular weight excluding hydrogens is 701 g/mol. The van der Waals surface area contributed by atoms with E-state index in [-0.39, 0.29) is 0 Å². The fraction of sp³-hybridized carbons (Fsp3) is 0. The summed E-state index contributed by atoms with van der Waals surface area (Å²) in [4.78, 5) is 2.43. The molecule has 2 heteroatoms. The largest absolute Gasteiger partial charge is 0.310 e. The molecule has 11 aromatic rings. The van der Waals surface area contributed by atoms with Gasteiger partial charge in [-0.1, -0.05) is 182 Å². The summed E-state index contributed by atoms with van der Waals surface area (Å²) in [5.41, 5.74) is 14.0. The van der Waals surface area contributed by atoms with Crippen LogP contribution in [0, 0.1) is 0 Å². The lowest BCUT2D eigenvalue weighted by molar-refractivity contribution is 1.18. The third-order valence-electron chi connectivity index (χ3n) is 11.5. The van der Waals surface area contributed by atoms with Gasteiger partial charge in [0.05, 0.1) is 16.7 Å².